The first kappa shape index (κ1) is 8.83. The molecule has 0 aliphatic carbocycles. The number of rotatable bonds is 1. The maximum absolute atomic E-state index is 10.9. The normalized spacial score (nSPS) is 10.3. The van der Waals surface area contributed by atoms with Crippen LogP contribution in [0.2, 0.25) is 0 Å². The zero-order valence-electron chi connectivity index (χ0n) is 7.02. The molecule has 0 saturated heterocycles. The molecule has 0 spiro atoms. The standard InChI is InChI=1S/C9H7NO3S/c11-7-2-1-5(3-8(7)12)6-4-14-9(13)10-6/h1-4,11-12H,(H,10,13). The summed E-state index contributed by atoms with van der Waals surface area (Å²) in [5.74, 6) is -0.374. The zero-order valence-corrected chi connectivity index (χ0v) is 7.84. The molecular weight excluding hydrogens is 202 g/mol. The van der Waals surface area contributed by atoms with Gasteiger partial charge in [-0.3, -0.25) is 4.79 Å². The first-order valence-corrected chi connectivity index (χ1v) is 4.75. The van der Waals surface area contributed by atoms with Crippen LogP contribution in [0.15, 0.2) is 28.4 Å². The predicted octanol–water partition coefficient (Wildman–Crippen LogP) is 1.51. The summed E-state index contributed by atoms with van der Waals surface area (Å²) < 4.78 is 0. The van der Waals surface area contributed by atoms with E-state index in [1.807, 2.05) is 0 Å². The van der Waals surface area contributed by atoms with Gasteiger partial charge in [-0.15, -0.1) is 0 Å². The topological polar surface area (TPSA) is 73.3 Å². The van der Waals surface area contributed by atoms with E-state index in [4.69, 9.17) is 5.11 Å². The minimum Gasteiger partial charge on any atom is -0.504 e. The van der Waals surface area contributed by atoms with Crippen molar-refractivity contribution >= 4 is 11.3 Å². The lowest BCUT2D eigenvalue weighted by Gasteiger charge is -2.00. The lowest BCUT2D eigenvalue weighted by atomic mass is 10.1. The second-order valence-electron chi connectivity index (χ2n) is 2.77. The Hall–Kier alpha value is -1.75. The number of benzene rings is 1. The molecule has 4 nitrogen and oxygen atoms in total. The maximum atomic E-state index is 10.9. The summed E-state index contributed by atoms with van der Waals surface area (Å²) in [5, 5.41) is 20.0. The summed E-state index contributed by atoms with van der Waals surface area (Å²) in [6, 6.07) is 4.39. The van der Waals surface area contributed by atoms with Crippen LogP contribution in [0.25, 0.3) is 11.3 Å². The molecule has 0 amide bonds. The van der Waals surface area contributed by atoms with Crippen molar-refractivity contribution in [2.75, 3.05) is 0 Å². The fraction of sp³-hybridized carbons (Fsp3) is 0. The highest BCUT2D eigenvalue weighted by Crippen LogP contribution is 2.29. The van der Waals surface area contributed by atoms with Crippen molar-refractivity contribution < 1.29 is 10.2 Å². The molecular formula is C9H7NO3S. The van der Waals surface area contributed by atoms with E-state index in [0.29, 0.717) is 11.3 Å². The van der Waals surface area contributed by atoms with E-state index < -0.39 is 0 Å². The highest BCUT2D eigenvalue weighted by molar-refractivity contribution is 7.07. The molecule has 2 rings (SSSR count). The third-order valence-electron chi connectivity index (χ3n) is 1.81. The van der Waals surface area contributed by atoms with Crippen LogP contribution in [0.4, 0.5) is 0 Å². The van der Waals surface area contributed by atoms with Gasteiger partial charge in [-0.05, 0) is 18.2 Å². The third-order valence-corrected chi connectivity index (χ3v) is 2.48. The fourth-order valence-corrected chi connectivity index (χ4v) is 1.70. The fourth-order valence-electron chi connectivity index (χ4n) is 1.11. The maximum Gasteiger partial charge on any atom is 0.304 e. The molecule has 1 aromatic heterocycles. The number of aromatic nitrogens is 1. The van der Waals surface area contributed by atoms with E-state index in [0.717, 1.165) is 11.3 Å². The van der Waals surface area contributed by atoms with Crippen molar-refractivity contribution in [2.24, 2.45) is 0 Å². The van der Waals surface area contributed by atoms with Crippen LogP contribution in [0.1, 0.15) is 0 Å². The molecule has 72 valence electrons. The van der Waals surface area contributed by atoms with Crippen LogP contribution in [0, 0.1) is 0 Å². The highest BCUT2D eigenvalue weighted by Gasteiger charge is 2.04. The monoisotopic (exact) mass is 209 g/mol. The molecule has 0 radical (unpaired) electrons. The van der Waals surface area contributed by atoms with Gasteiger partial charge in [-0.1, -0.05) is 11.3 Å². The number of thiazole rings is 1. The van der Waals surface area contributed by atoms with Crippen LogP contribution in [-0.4, -0.2) is 15.2 Å². The molecule has 0 saturated carbocycles. The van der Waals surface area contributed by atoms with Crippen LogP contribution < -0.4 is 4.87 Å². The molecule has 0 fully saturated rings. The average Bonchev–Trinajstić information content (AvgIpc) is 2.57. The summed E-state index contributed by atoms with van der Waals surface area (Å²) >= 11 is 1.05. The first-order chi connectivity index (χ1) is 6.66. The Morgan fingerprint density at radius 2 is 2.00 bits per heavy atom. The summed E-state index contributed by atoms with van der Waals surface area (Å²) in [7, 11) is 0. The quantitative estimate of drug-likeness (QED) is 0.623. The average molecular weight is 209 g/mol. The van der Waals surface area contributed by atoms with Crippen molar-refractivity contribution in [2.45, 2.75) is 0 Å². The van der Waals surface area contributed by atoms with Gasteiger partial charge < -0.3 is 15.2 Å². The van der Waals surface area contributed by atoms with Crippen LogP contribution >= 0.6 is 11.3 Å². The van der Waals surface area contributed by atoms with Gasteiger partial charge in [0.2, 0.25) is 0 Å². The number of hydrogen-bond acceptors (Lipinski definition) is 4. The molecule has 0 atom stereocenters. The van der Waals surface area contributed by atoms with Crippen molar-refractivity contribution in [3.63, 3.8) is 0 Å². The Balaban J connectivity index is 2.52. The third kappa shape index (κ3) is 1.49. The molecule has 1 heterocycles. The second-order valence-corrected chi connectivity index (χ2v) is 3.61. The van der Waals surface area contributed by atoms with Crippen molar-refractivity contribution in [1.82, 2.24) is 4.98 Å². The number of aromatic hydroxyl groups is 2. The Labute approximate surface area is 83.1 Å². The van der Waals surface area contributed by atoms with Gasteiger partial charge in [-0.2, -0.15) is 0 Å². The number of hydrogen-bond donors (Lipinski definition) is 3. The van der Waals surface area contributed by atoms with Gasteiger partial charge in [0.25, 0.3) is 0 Å². The minimum absolute atomic E-state index is 0.146. The molecule has 0 aliphatic heterocycles. The van der Waals surface area contributed by atoms with E-state index in [2.05, 4.69) is 4.98 Å². The molecule has 0 bridgehead atoms. The summed E-state index contributed by atoms with van der Waals surface area (Å²) in [6.07, 6.45) is 0. The van der Waals surface area contributed by atoms with Crippen LogP contribution in [0.5, 0.6) is 11.5 Å². The molecule has 3 N–H and O–H groups in total. The molecule has 5 heteroatoms. The first-order valence-electron chi connectivity index (χ1n) is 3.87. The summed E-state index contributed by atoms with van der Waals surface area (Å²) in [5.41, 5.74) is 1.30. The Morgan fingerprint density at radius 1 is 1.21 bits per heavy atom. The summed E-state index contributed by atoms with van der Waals surface area (Å²) in [6.45, 7) is 0. The van der Waals surface area contributed by atoms with E-state index in [1.54, 1.807) is 11.4 Å². The van der Waals surface area contributed by atoms with Gasteiger partial charge in [0.15, 0.2) is 11.5 Å². The van der Waals surface area contributed by atoms with Gasteiger partial charge in [0.05, 0.1) is 5.69 Å². The minimum atomic E-state index is -0.199. The molecule has 0 aliphatic rings. The lowest BCUT2D eigenvalue weighted by Crippen LogP contribution is -1.92. The van der Waals surface area contributed by atoms with Gasteiger partial charge >= 0.3 is 4.87 Å². The second kappa shape index (κ2) is 3.19. The number of H-pyrrole nitrogens is 1. The van der Waals surface area contributed by atoms with Crippen molar-refractivity contribution in [3.05, 3.63) is 33.2 Å². The van der Waals surface area contributed by atoms with Gasteiger partial charge in [0.1, 0.15) is 0 Å². The van der Waals surface area contributed by atoms with E-state index in [1.165, 1.54) is 12.1 Å². The lowest BCUT2D eigenvalue weighted by molar-refractivity contribution is 0.404. The SMILES string of the molecule is O=c1[nH]c(-c2ccc(O)c(O)c2)cs1. The Kier molecular flexibility index (Phi) is 2.01. The van der Waals surface area contributed by atoms with E-state index in [9.17, 15) is 9.90 Å². The van der Waals surface area contributed by atoms with Crippen LogP contribution in [-0.2, 0) is 0 Å². The number of phenols is 2. The van der Waals surface area contributed by atoms with E-state index in [-0.39, 0.29) is 16.4 Å². The summed E-state index contributed by atoms with van der Waals surface area (Å²) in [4.78, 5) is 13.3. The molecule has 1 aromatic carbocycles. The van der Waals surface area contributed by atoms with Gasteiger partial charge in [0, 0.05) is 10.9 Å². The smallest absolute Gasteiger partial charge is 0.304 e. The zero-order chi connectivity index (χ0) is 10.1. The number of nitrogens with one attached hydrogen (secondary N) is 1. The van der Waals surface area contributed by atoms with Crippen molar-refractivity contribution in [1.29, 1.82) is 0 Å². The predicted molar refractivity (Wildman–Crippen MR) is 53.7 cm³/mol. The van der Waals surface area contributed by atoms with Crippen LogP contribution in [0.3, 0.4) is 0 Å². The number of aromatic amines is 1. The molecule has 0 unspecified atom stereocenters. The largest absolute Gasteiger partial charge is 0.504 e. The van der Waals surface area contributed by atoms with E-state index >= 15 is 0 Å². The van der Waals surface area contributed by atoms with Crippen molar-refractivity contribution in [3.8, 4) is 22.8 Å². The molecule has 14 heavy (non-hydrogen) atoms. The Morgan fingerprint density at radius 3 is 2.57 bits per heavy atom. The van der Waals surface area contributed by atoms with Gasteiger partial charge in [-0.25, -0.2) is 0 Å². The Bertz CT molecular complexity index is 515. The molecule has 2 aromatic rings. The highest BCUT2D eigenvalue weighted by atomic mass is 32.1. The number of phenolic OH excluding ortho intramolecular Hbond substituents is 2.